The second kappa shape index (κ2) is 6.88. The van der Waals surface area contributed by atoms with Gasteiger partial charge in [-0.05, 0) is 49.6 Å². The Balaban J connectivity index is 1.72. The maximum atomic E-state index is 12.4. The van der Waals surface area contributed by atoms with Gasteiger partial charge < -0.3 is 20.4 Å². The Morgan fingerprint density at radius 2 is 1.96 bits per heavy atom. The van der Waals surface area contributed by atoms with Crippen LogP contribution < -0.4 is 11.1 Å². The fourth-order valence-electron chi connectivity index (χ4n) is 2.84. The first kappa shape index (κ1) is 16.3. The van der Waals surface area contributed by atoms with Crippen LogP contribution in [0.4, 0.5) is 5.69 Å². The van der Waals surface area contributed by atoms with E-state index in [1.54, 1.807) is 18.2 Å². The summed E-state index contributed by atoms with van der Waals surface area (Å²) in [4.78, 5) is 26.5. The van der Waals surface area contributed by atoms with Crippen molar-refractivity contribution in [3.8, 4) is 0 Å². The zero-order chi connectivity index (χ0) is 17.1. The van der Waals surface area contributed by atoms with Crippen LogP contribution in [0.25, 0.3) is 0 Å². The summed E-state index contributed by atoms with van der Waals surface area (Å²) in [5.41, 5.74) is 8.07. The quantitative estimate of drug-likeness (QED) is 0.903. The fraction of sp³-hybridized carbons (Fsp3) is 0.333. The summed E-state index contributed by atoms with van der Waals surface area (Å²) >= 11 is 0. The lowest BCUT2D eigenvalue weighted by Gasteiger charge is -2.16. The van der Waals surface area contributed by atoms with Crippen molar-refractivity contribution >= 4 is 17.5 Å². The number of nitrogens with two attached hydrogens (primary N) is 1. The average molecular weight is 327 g/mol. The first-order valence-corrected chi connectivity index (χ1v) is 8.07. The number of nitrogens with one attached hydrogen (secondary N) is 1. The molecule has 0 saturated carbocycles. The number of amides is 2. The number of carbonyl (C=O) groups excluding carboxylic acids is 2. The minimum atomic E-state index is -0.264. The molecule has 6 heteroatoms. The van der Waals surface area contributed by atoms with Crippen molar-refractivity contribution in [2.24, 2.45) is 5.73 Å². The van der Waals surface area contributed by atoms with Crippen molar-refractivity contribution in [1.82, 2.24) is 4.90 Å². The molecule has 1 saturated heterocycles. The van der Waals surface area contributed by atoms with Crippen molar-refractivity contribution in [3.63, 3.8) is 0 Å². The minimum absolute atomic E-state index is 0.0518. The monoisotopic (exact) mass is 327 g/mol. The average Bonchev–Trinajstić information content (AvgIpc) is 3.27. The summed E-state index contributed by atoms with van der Waals surface area (Å²) in [6.07, 6.45) is 3.51. The van der Waals surface area contributed by atoms with Crippen LogP contribution in [-0.4, -0.2) is 29.8 Å². The van der Waals surface area contributed by atoms with Crippen LogP contribution in [0.1, 0.15) is 44.9 Å². The van der Waals surface area contributed by atoms with Crippen molar-refractivity contribution in [2.75, 3.05) is 18.4 Å². The zero-order valence-corrected chi connectivity index (χ0v) is 13.7. The number of hydrogen-bond donors (Lipinski definition) is 2. The van der Waals surface area contributed by atoms with Gasteiger partial charge in [-0.2, -0.15) is 0 Å². The summed E-state index contributed by atoms with van der Waals surface area (Å²) < 4.78 is 5.17. The molecular weight excluding hydrogens is 306 g/mol. The lowest BCUT2D eigenvalue weighted by molar-refractivity contribution is 0.0792. The number of likely N-dealkylation sites (tertiary alicyclic amines) is 1. The highest BCUT2D eigenvalue weighted by Gasteiger charge is 2.20. The molecule has 3 rings (SSSR count). The molecule has 0 bridgehead atoms. The third-order valence-corrected chi connectivity index (χ3v) is 4.23. The van der Waals surface area contributed by atoms with E-state index < -0.39 is 0 Å². The predicted molar refractivity (Wildman–Crippen MR) is 90.9 cm³/mol. The molecule has 126 valence electrons. The normalized spacial score (nSPS) is 14.0. The Labute approximate surface area is 140 Å². The Morgan fingerprint density at radius 1 is 1.21 bits per heavy atom. The number of benzene rings is 1. The van der Waals surface area contributed by atoms with Crippen LogP contribution in [0, 0.1) is 6.92 Å². The first-order chi connectivity index (χ1) is 11.6. The second-order valence-corrected chi connectivity index (χ2v) is 5.99. The second-order valence-electron chi connectivity index (χ2n) is 5.99. The lowest BCUT2D eigenvalue weighted by Crippen LogP contribution is -2.27. The highest BCUT2D eigenvalue weighted by molar-refractivity contribution is 6.05. The molecule has 0 radical (unpaired) electrons. The Kier molecular flexibility index (Phi) is 4.66. The molecule has 0 aliphatic carbocycles. The van der Waals surface area contributed by atoms with Crippen LogP contribution in [-0.2, 0) is 6.54 Å². The molecule has 6 nitrogen and oxygen atoms in total. The molecule has 2 aromatic rings. The van der Waals surface area contributed by atoms with Gasteiger partial charge in [-0.3, -0.25) is 9.59 Å². The van der Waals surface area contributed by atoms with Crippen molar-refractivity contribution in [2.45, 2.75) is 26.3 Å². The maximum Gasteiger partial charge on any atom is 0.258 e. The molecule has 0 unspecified atom stereocenters. The standard InChI is InChI=1S/C18H21N3O3/c1-12-8-13(18(23)21-6-2-3-7-21)4-5-16(12)20-17(22)14-9-15(10-19)24-11-14/h4-5,8-9,11H,2-3,6-7,10,19H2,1H3,(H,20,22). The number of aryl methyl sites for hydroxylation is 1. The number of anilines is 1. The van der Waals surface area contributed by atoms with E-state index >= 15 is 0 Å². The van der Waals surface area contributed by atoms with E-state index in [1.807, 2.05) is 17.9 Å². The van der Waals surface area contributed by atoms with Crippen LogP contribution in [0.2, 0.25) is 0 Å². The molecular formula is C18H21N3O3. The van der Waals surface area contributed by atoms with Crippen molar-refractivity contribution in [1.29, 1.82) is 0 Å². The number of hydrogen-bond acceptors (Lipinski definition) is 4. The van der Waals surface area contributed by atoms with Gasteiger partial charge in [0.25, 0.3) is 11.8 Å². The molecule has 1 aromatic heterocycles. The molecule has 0 atom stereocenters. The van der Waals surface area contributed by atoms with Gasteiger partial charge in [0.2, 0.25) is 0 Å². The van der Waals surface area contributed by atoms with Gasteiger partial charge in [0.15, 0.2) is 0 Å². The number of nitrogens with zero attached hydrogens (tertiary/aromatic N) is 1. The number of carbonyl (C=O) groups is 2. The van der Waals surface area contributed by atoms with Crippen LogP contribution in [0.3, 0.4) is 0 Å². The number of rotatable bonds is 4. The van der Waals surface area contributed by atoms with E-state index in [1.165, 1.54) is 6.26 Å². The van der Waals surface area contributed by atoms with Crippen LogP contribution >= 0.6 is 0 Å². The Hall–Kier alpha value is -2.60. The molecule has 2 heterocycles. The SMILES string of the molecule is Cc1cc(C(=O)N2CCCC2)ccc1NC(=O)c1coc(CN)c1. The predicted octanol–water partition coefficient (Wildman–Crippen LogP) is 2.54. The topological polar surface area (TPSA) is 88.6 Å². The highest BCUT2D eigenvalue weighted by atomic mass is 16.3. The fourth-order valence-corrected chi connectivity index (χ4v) is 2.84. The molecule has 24 heavy (non-hydrogen) atoms. The molecule has 1 aliphatic rings. The van der Waals surface area contributed by atoms with E-state index in [9.17, 15) is 9.59 Å². The smallest absolute Gasteiger partial charge is 0.258 e. The first-order valence-electron chi connectivity index (χ1n) is 8.07. The van der Waals surface area contributed by atoms with Crippen molar-refractivity contribution < 1.29 is 14.0 Å². The maximum absolute atomic E-state index is 12.4. The summed E-state index contributed by atoms with van der Waals surface area (Å²) in [5.74, 6) is 0.347. The van der Waals surface area contributed by atoms with E-state index in [2.05, 4.69) is 5.32 Å². The summed E-state index contributed by atoms with van der Waals surface area (Å²) in [6.45, 7) is 3.76. The molecule has 1 aromatic carbocycles. The molecule has 1 aliphatic heterocycles. The molecule has 0 spiro atoms. The summed E-state index contributed by atoms with van der Waals surface area (Å²) in [5, 5.41) is 2.83. The van der Waals surface area contributed by atoms with Gasteiger partial charge in [-0.15, -0.1) is 0 Å². The third kappa shape index (κ3) is 3.33. The van der Waals surface area contributed by atoms with Gasteiger partial charge in [0, 0.05) is 24.3 Å². The van der Waals surface area contributed by atoms with E-state index in [-0.39, 0.29) is 18.4 Å². The Bertz CT molecular complexity index is 761. The zero-order valence-electron chi connectivity index (χ0n) is 13.7. The van der Waals surface area contributed by atoms with Crippen LogP contribution in [0.5, 0.6) is 0 Å². The van der Waals surface area contributed by atoms with Crippen molar-refractivity contribution in [3.05, 3.63) is 53.0 Å². The minimum Gasteiger partial charge on any atom is -0.467 e. The molecule has 2 amide bonds. The van der Waals surface area contributed by atoms with E-state index in [0.29, 0.717) is 22.6 Å². The third-order valence-electron chi connectivity index (χ3n) is 4.23. The summed E-state index contributed by atoms with van der Waals surface area (Å²) in [7, 11) is 0. The van der Waals surface area contributed by atoms with Gasteiger partial charge >= 0.3 is 0 Å². The number of furan rings is 1. The largest absolute Gasteiger partial charge is 0.467 e. The van der Waals surface area contributed by atoms with Crippen LogP contribution in [0.15, 0.2) is 34.9 Å². The van der Waals surface area contributed by atoms with E-state index in [0.717, 1.165) is 31.5 Å². The van der Waals surface area contributed by atoms with E-state index in [4.69, 9.17) is 10.2 Å². The van der Waals surface area contributed by atoms with Gasteiger partial charge in [-0.25, -0.2) is 0 Å². The van der Waals surface area contributed by atoms with Gasteiger partial charge in [-0.1, -0.05) is 0 Å². The van der Waals surface area contributed by atoms with Gasteiger partial charge in [0.1, 0.15) is 12.0 Å². The highest BCUT2D eigenvalue weighted by Crippen LogP contribution is 2.20. The molecule has 3 N–H and O–H groups in total. The Morgan fingerprint density at radius 3 is 2.58 bits per heavy atom. The molecule has 1 fully saturated rings. The van der Waals surface area contributed by atoms with Gasteiger partial charge in [0.05, 0.1) is 12.1 Å². The summed E-state index contributed by atoms with van der Waals surface area (Å²) in [6, 6.07) is 6.96. The lowest BCUT2D eigenvalue weighted by atomic mass is 10.1.